The fourth-order valence-electron chi connectivity index (χ4n) is 0.468. The SMILES string of the molecule is CC(C)S(=O)(=O)CC(=O)N(C)C. The zero-order valence-corrected chi connectivity index (χ0v) is 8.68. The molecule has 0 heterocycles. The topological polar surface area (TPSA) is 54.5 Å². The van der Waals surface area contributed by atoms with Gasteiger partial charge in [0.05, 0.1) is 5.25 Å². The van der Waals surface area contributed by atoms with Crippen LogP contribution in [0.2, 0.25) is 0 Å². The minimum Gasteiger partial charge on any atom is -0.348 e. The van der Waals surface area contributed by atoms with E-state index in [0.29, 0.717) is 0 Å². The Morgan fingerprint density at radius 1 is 1.33 bits per heavy atom. The van der Waals surface area contributed by atoms with Crippen LogP contribution in [0.15, 0.2) is 0 Å². The monoisotopic (exact) mass is 193 g/mol. The molecule has 0 aromatic heterocycles. The number of hydrogen-bond donors (Lipinski definition) is 0. The van der Waals surface area contributed by atoms with Crippen molar-refractivity contribution in [3.63, 3.8) is 0 Å². The van der Waals surface area contributed by atoms with E-state index < -0.39 is 20.8 Å². The van der Waals surface area contributed by atoms with E-state index >= 15 is 0 Å². The fourth-order valence-corrected chi connectivity index (χ4v) is 1.40. The van der Waals surface area contributed by atoms with Crippen molar-refractivity contribution >= 4 is 15.7 Å². The molecule has 0 rings (SSSR count). The van der Waals surface area contributed by atoms with E-state index in [1.807, 2.05) is 0 Å². The van der Waals surface area contributed by atoms with Crippen molar-refractivity contribution in [2.75, 3.05) is 19.8 Å². The molecule has 0 radical (unpaired) electrons. The third-order valence-corrected chi connectivity index (χ3v) is 3.63. The Hall–Kier alpha value is -0.580. The van der Waals surface area contributed by atoms with E-state index in [9.17, 15) is 13.2 Å². The van der Waals surface area contributed by atoms with Crippen LogP contribution in [-0.4, -0.2) is 44.3 Å². The van der Waals surface area contributed by atoms with Gasteiger partial charge in [-0.3, -0.25) is 4.79 Å². The summed E-state index contributed by atoms with van der Waals surface area (Å²) in [6.07, 6.45) is 0. The van der Waals surface area contributed by atoms with Gasteiger partial charge >= 0.3 is 0 Å². The van der Waals surface area contributed by atoms with Gasteiger partial charge in [-0.15, -0.1) is 0 Å². The van der Waals surface area contributed by atoms with E-state index in [1.54, 1.807) is 13.8 Å². The molecule has 0 aromatic rings. The van der Waals surface area contributed by atoms with Gasteiger partial charge in [-0.05, 0) is 13.8 Å². The normalized spacial score (nSPS) is 11.8. The Bertz CT molecular complexity index is 254. The molecular weight excluding hydrogens is 178 g/mol. The molecule has 0 spiro atoms. The van der Waals surface area contributed by atoms with Gasteiger partial charge in [-0.2, -0.15) is 0 Å². The Balaban J connectivity index is 4.38. The van der Waals surface area contributed by atoms with Crippen LogP contribution in [-0.2, 0) is 14.6 Å². The lowest BCUT2D eigenvalue weighted by Crippen LogP contribution is -2.32. The quantitative estimate of drug-likeness (QED) is 0.629. The first-order valence-electron chi connectivity index (χ1n) is 3.69. The maximum Gasteiger partial charge on any atom is 0.237 e. The summed E-state index contributed by atoms with van der Waals surface area (Å²) in [5.41, 5.74) is 0. The molecule has 0 saturated carbocycles. The van der Waals surface area contributed by atoms with Crippen LogP contribution in [0.1, 0.15) is 13.8 Å². The maximum atomic E-state index is 11.2. The van der Waals surface area contributed by atoms with Crippen LogP contribution >= 0.6 is 0 Å². The Morgan fingerprint density at radius 2 is 1.75 bits per heavy atom. The Labute approximate surface area is 73.5 Å². The van der Waals surface area contributed by atoms with Crippen LogP contribution in [0, 0.1) is 0 Å². The van der Waals surface area contributed by atoms with Crippen LogP contribution < -0.4 is 0 Å². The number of sulfone groups is 1. The van der Waals surface area contributed by atoms with Crippen LogP contribution in [0.3, 0.4) is 0 Å². The largest absolute Gasteiger partial charge is 0.348 e. The molecule has 5 heteroatoms. The summed E-state index contributed by atoms with van der Waals surface area (Å²) in [4.78, 5) is 12.3. The molecule has 0 saturated heterocycles. The molecule has 0 N–H and O–H groups in total. The van der Waals surface area contributed by atoms with Crippen molar-refractivity contribution in [2.24, 2.45) is 0 Å². The summed E-state index contributed by atoms with van der Waals surface area (Å²) >= 11 is 0. The van der Waals surface area contributed by atoms with Gasteiger partial charge in [0.25, 0.3) is 0 Å². The molecular formula is C7H15NO3S. The first kappa shape index (κ1) is 11.4. The lowest BCUT2D eigenvalue weighted by Gasteiger charge is -2.11. The lowest BCUT2D eigenvalue weighted by molar-refractivity contribution is -0.125. The van der Waals surface area contributed by atoms with E-state index in [2.05, 4.69) is 0 Å². The van der Waals surface area contributed by atoms with Gasteiger partial charge in [0.2, 0.25) is 5.91 Å². The molecule has 0 unspecified atom stereocenters. The van der Waals surface area contributed by atoms with Gasteiger partial charge in [-0.25, -0.2) is 8.42 Å². The zero-order chi connectivity index (χ0) is 9.94. The van der Waals surface area contributed by atoms with E-state index in [-0.39, 0.29) is 5.91 Å². The highest BCUT2D eigenvalue weighted by Gasteiger charge is 2.21. The standard InChI is InChI=1S/C7H15NO3S/c1-6(2)12(10,11)5-7(9)8(3)4/h6H,5H2,1-4H3. The van der Waals surface area contributed by atoms with Crippen molar-refractivity contribution in [1.82, 2.24) is 4.90 Å². The molecule has 4 nitrogen and oxygen atoms in total. The van der Waals surface area contributed by atoms with Crippen molar-refractivity contribution in [1.29, 1.82) is 0 Å². The van der Waals surface area contributed by atoms with Crippen LogP contribution in [0.5, 0.6) is 0 Å². The number of carbonyl (C=O) groups is 1. The fraction of sp³-hybridized carbons (Fsp3) is 0.857. The number of amides is 1. The molecule has 0 atom stereocenters. The molecule has 1 amide bonds. The van der Waals surface area contributed by atoms with Gasteiger partial charge < -0.3 is 4.90 Å². The molecule has 72 valence electrons. The highest BCUT2D eigenvalue weighted by atomic mass is 32.2. The van der Waals surface area contributed by atoms with E-state index in [0.717, 1.165) is 0 Å². The van der Waals surface area contributed by atoms with Crippen molar-refractivity contribution < 1.29 is 13.2 Å². The van der Waals surface area contributed by atoms with E-state index in [1.165, 1.54) is 19.0 Å². The summed E-state index contributed by atoms with van der Waals surface area (Å²) in [5.74, 6) is -0.763. The van der Waals surface area contributed by atoms with Crippen molar-refractivity contribution in [2.45, 2.75) is 19.1 Å². The second kappa shape index (κ2) is 3.89. The highest BCUT2D eigenvalue weighted by Crippen LogP contribution is 2.01. The summed E-state index contributed by atoms with van der Waals surface area (Å²) < 4.78 is 22.4. The van der Waals surface area contributed by atoms with Gasteiger partial charge in [0, 0.05) is 14.1 Å². The third-order valence-electron chi connectivity index (χ3n) is 1.54. The molecule has 0 aromatic carbocycles. The van der Waals surface area contributed by atoms with E-state index in [4.69, 9.17) is 0 Å². The van der Waals surface area contributed by atoms with Gasteiger partial charge in [0.15, 0.2) is 9.84 Å². The molecule has 0 aliphatic carbocycles. The molecule has 0 bridgehead atoms. The zero-order valence-electron chi connectivity index (χ0n) is 7.86. The van der Waals surface area contributed by atoms with Crippen LogP contribution in [0.25, 0.3) is 0 Å². The summed E-state index contributed by atoms with van der Waals surface area (Å²) in [6.45, 7) is 3.14. The van der Waals surface area contributed by atoms with Gasteiger partial charge in [-0.1, -0.05) is 0 Å². The molecule has 12 heavy (non-hydrogen) atoms. The second-order valence-electron chi connectivity index (χ2n) is 3.14. The molecule has 0 aliphatic heterocycles. The average Bonchev–Trinajstić information content (AvgIpc) is 1.85. The molecule has 0 fully saturated rings. The summed E-state index contributed by atoms with van der Waals surface area (Å²) in [7, 11) is -0.154. The van der Waals surface area contributed by atoms with Crippen molar-refractivity contribution in [3.05, 3.63) is 0 Å². The van der Waals surface area contributed by atoms with Crippen LogP contribution in [0.4, 0.5) is 0 Å². The maximum absolute atomic E-state index is 11.2. The first-order chi connectivity index (χ1) is 5.27. The molecule has 0 aliphatic rings. The highest BCUT2D eigenvalue weighted by molar-refractivity contribution is 7.92. The lowest BCUT2D eigenvalue weighted by atomic mass is 10.6. The number of carbonyl (C=O) groups excluding carboxylic acids is 1. The number of hydrogen-bond acceptors (Lipinski definition) is 3. The second-order valence-corrected chi connectivity index (χ2v) is 5.70. The Morgan fingerprint density at radius 3 is 2.00 bits per heavy atom. The minimum atomic E-state index is -3.23. The number of rotatable bonds is 3. The third kappa shape index (κ3) is 3.21. The smallest absolute Gasteiger partial charge is 0.237 e. The summed E-state index contributed by atoms with van der Waals surface area (Å²) in [5, 5.41) is -0.485. The predicted molar refractivity (Wildman–Crippen MR) is 47.6 cm³/mol. The van der Waals surface area contributed by atoms with Gasteiger partial charge in [0.1, 0.15) is 5.75 Å². The predicted octanol–water partition coefficient (Wildman–Crippen LogP) is -0.102. The average molecular weight is 193 g/mol. The minimum absolute atomic E-state index is 0.372. The first-order valence-corrected chi connectivity index (χ1v) is 5.40. The van der Waals surface area contributed by atoms with Crippen molar-refractivity contribution in [3.8, 4) is 0 Å². The number of nitrogens with zero attached hydrogens (tertiary/aromatic N) is 1. The summed E-state index contributed by atoms with van der Waals surface area (Å²) in [6, 6.07) is 0. The Kier molecular flexibility index (Phi) is 3.70.